The van der Waals surface area contributed by atoms with E-state index in [0.29, 0.717) is 48.6 Å². The van der Waals surface area contributed by atoms with Gasteiger partial charge in [-0.05, 0) is 55.3 Å². The fourth-order valence-corrected chi connectivity index (χ4v) is 4.77. The summed E-state index contributed by atoms with van der Waals surface area (Å²) in [4.78, 5) is 29.1. The monoisotopic (exact) mass is 484 g/mol. The van der Waals surface area contributed by atoms with E-state index in [-0.39, 0.29) is 24.8 Å². The molecule has 2 amide bonds. The second-order valence-corrected chi connectivity index (χ2v) is 9.46. The van der Waals surface area contributed by atoms with Crippen LogP contribution in [-0.2, 0) is 11.3 Å². The highest BCUT2D eigenvalue weighted by atomic mass is 19.3. The van der Waals surface area contributed by atoms with Crippen molar-refractivity contribution in [1.82, 2.24) is 9.80 Å². The Hall–Kier alpha value is -3.38. The van der Waals surface area contributed by atoms with Crippen LogP contribution in [0.3, 0.4) is 0 Å². The number of piperazine rings is 1. The highest BCUT2D eigenvalue weighted by Crippen LogP contribution is 2.43. The summed E-state index contributed by atoms with van der Waals surface area (Å²) in [5.41, 5.74) is 2.43. The molecule has 2 aromatic rings. The molecule has 1 aliphatic heterocycles. The molecule has 184 valence electrons. The fourth-order valence-electron chi connectivity index (χ4n) is 4.77. The Morgan fingerprint density at radius 3 is 2.60 bits per heavy atom. The van der Waals surface area contributed by atoms with Crippen LogP contribution in [0, 0.1) is 30.0 Å². The number of amides is 2. The minimum absolute atomic E-state index is 0.147. The van der Waals surface area contributed by atoms with Gasteiger partial charge in [0.15, 0.2) is 0 Å². The first kappa shape index (κ1) is 24.7. The van der Waals surface area contributed by atoms with E-state index < -0.39 is 23.6 Å². The SMILES string of the molecule is Cc1c(CN2CCN(C(=O)C3CC(F)(F)C3)C(C)C2)cc(F)cc1NC(=O)c1cccc(C#N)c1. The van der Waals surface area contributed by atoms with Crippen LogP contribution in [0.5, 0.6) is 0 Å². The Bertz CT molecular complexity index is 1190. The average molecular weight is 485 g/mol. The lowest BCUT2D eigenvalue weighted by atomic mass is 9.80. The zero-order chi connectivity index (χ0) is 25.3. The van der Waals surface area contributed by atoms with Crippen molar-refractivity contribution in [3.05, 3.63) is 64.5 Å². The standard InChI is InChI=1S/C26H27F3N4O2/c1-16-14-32(6-7-33(16)25(35)21-11-26(28,29)12-21)15-20-9-22(27)10-23(17(20)2)31-24(34)19-5-3-4-18(8-19)13-30/h3-5,8-10,16,21H,6-7,11-12,14-15H2,1-2H3,(H,31,34). The maximum absolute atomic E-state index is 14.4. The van der Waals surface area contributed by atoms with Crippen LogP contribution in [-0.4, -0.2) is 53.2 Å². The summed E-state index contributed by atoms with van der Waals surface area (Å²) in [5.74, 6) is -4.48. The molecule has 1 saturated heterocycles. The molecule has 2 aromatic carbocycles. The summed E-state index contributed by atoms with van der Waals surface area (Å²) in [6.07, 6.45) is -0.757. The molecule has 4 rings (SSSR count). The van der Waals surface area contributed by atoms with Gasteiger partial charge in [-0.25, -0.2) is 13.2 Å². The number of halogens is 3. The Morgan fingerprint density at radius 1 is 1.20 bits per heavy atom. The number of hydrogen-bond acceptors (Lipinski definition) is 4. The highest BCUT2D eigenvalue weighted by molar-refractivity contribution is 6.04. The molecule has 1 N–H and O–H groups in total. The second-order valence-electron chi connectivity index (χ2n) is 9.46. The number of nitriles is 1. The molecule has 0 aromatic heterocycles. The Morgan fingerprint density at radius 2 is 1.94 bits per heavy atom. The lowest BCUT2D eigenvalue weighted by Gasteiger charge is -2.44. The maximum atomic E-state index is 14.4. The van der Waals surface area contributed by atoms with E-state index in [1.807, 2.05) is 13.0 Å². The lowest BCUT2D eigenvalue weighted by Crippen LogP contribution is -2.57. The molecule has 9 heteroatoms. The predicted molar refractivity (Wildman–Crippen MR) is 124 cm³/mol. The third-order valence-corrected chi connectivity index (χ3v) is 6.81. The third-order valence-electron chi connectivity index (χ3n) is 6.81. The van der Waals surface area contributed by atoms with Crippen LogP contribution in [0.25, 0.3) is 0 Å². The summed E-state index contributed by atoms with van der Waals surface area (Å²) in [6, 6.07) is 10.8. The van der Waals surface area contributed by atoms with Crippen molar-refractivity contribution in [2.75, 3.05) is 25.0 Å². The molecular formula is C26H27F3N4O2. The first-order valence-corrected chi connectivity index (χ1v) is 11.6. The van der Waals surface area contributed by atoms with Crippen molar-refractivity contribution in [2.45, 2.75) is 45.2 Å². The quantitative estimate of drug-likeness (QED) is 0.685. The highest BCUT2D eigenvalue weighted by Gasteiger charge is 2.50. The van der Waals surface area contributed by atoms with Crippen molar-refractivity contribution in [1.29, 1.82) is 5.26 Å². The van der Waals surface area contributed by atoms with Crippen molar-refractivity contribution in [3.8, 4) is 6.07 Å². The van der Waals surface area contributed by atoms with Crippen LogP contribution in [0.15, 0.2) is 36.4 Å². The summed E-state index contributed by atoms with van der Waals surface area (Å²) in [7, 11) is 0. The molecule has 2 aliphatic rings. The van der Waals surface area contributed by atoms with E-state index in [1.165, 1.54) is 18.2 Å². The van der Waals surface area contributed by atoms with E-state index in [2.05, 4.69) is 10.2 Å². The molecular weight excluding hydrogens is 457 g/mol. The molecule has 2 fully saturated rings. The molecule has 1 heterocycles. The lowest BCUT2D eigenvalue weighted by molar-refractivity contribution is -0.163. The maximum Gasteiger partial charge on any atom is 0.255 e. The van der Waals surface area contributed by atoms with Gasteiger partial charge in [0, 0.05) is 62.2 Å². The van der Waals surface area contributed by atoms with Gasteiger partial charge in [0.05, 0.1) is 11.6 Å². The van der Waals surface area contributed by atoms with Gasteiger partial charge in [-0.3, -0.25) is 14.5 Å². The minimum atomic E-state index is -2.73. The van der Waals surface area contributed by atoms with Crippen LogP contribution in [0.2, 0.25) is 0 Å². The number of carbonyl (C=O) groups excluding carboxylic acids is 2. The zero-order valence-electron chi connectivity index (χ0n) is 19.7. The fraction of sp³-hybridized carbons (Fsp3) is 0.423. The molecule has 1 aliphatic carbocycles. The van der Waals surface area contributed by atoms with Gasteiger partial charge in [-0.2, -0.15) is 5.26 Å². The molecule has 6 nitrogen and oxygen atoms in total. The van der Waals surface area contributed by atoms with Gasteiger partial charge in [-0.15, -0.1) is 0 Å². The summed E-state index contributed by atoms with van der Waals surface area (Å²) >= 11 is 0. The molecule has 35 heavy (non-hydrogen) atoms. The van der Waals surface area contributed by atoms with Gasteiger partial charge < -0.3 is 10.2 Å². The van der Waals surface area contributed by atoms with Crippen LogP contribution in [0.1, 0.15) is 46.8 Å². The first-order chi connectivity index (χ1) is 16.6. The van der Waals surface area contributed by atoms with E-state index in [4.69, 9.17) is 5.26 Å². The molecule has 0 spiro atoms. The molecule has 1 saturated carbocycles. The second kappa shape index (κ2) is 9.70. The summed E-state index contributed by atoms with van der Waals surface area (Å²) < 4.78 is 40.8. The van der Waals surface area contributed by atoms with Gasteiger partial charge in [-0.1, -0.05) is 6.07 Å². The number of carbonyl (C=O) groups is 2. The van der Waals surface area contributed by atoms with Crippen molar-refractivity contribution >= 4 is 17.5 Å². The molecule has 1 atom stereocenters. The molecule has 0 radical (unpaired) electrons. The number of benzene rings is 2. The predicted octanol–water partition coefficient (Wildman–Crippen LogP) is 4.34. The summed E-state index contributed by atoms with van der Waals surface area (Å²) in [5, 5.41) is 11.8. The third kappa shape index (κ3) is 5.49. The topological polar surface area (TPSA) is 76.4 Å². The first-order valence-electron chi connectivity index (χ1n) is 11.6. The number of hydrogen-bond donors (Lipinski definition) is 1. The van der Waals surface area contributed by atoms with E-state index in [1.54, 1.807) is 30.0 Å². The number of rotatable bonds is 5. The van der Waals surface area contributed by atoms with Crippen molar-refractivity contribution in [3.63, 3.8) is 0 Å². The normalized spacial score (nSPS) is 20.1. The minimum Gasteiger partial charge on any atom is -0.337 e. The van der Waals surface area contributed by atoms with Gasteiger partial charge in [0.1, 0.15) is 5.82 Å². The van der Waals surface area contributed by atoms with E-state index in [0.717, 1.165) is 5.56 Å². The molecule has 1 unspecified atom stereocenters. The van der Waals surface area contributed by atoms with Gasteiger partial charge in [0.25, 0.3) is 5.91 Å². The van der Waals surface area contributed by atoms with Crippen molar-refractivity contribution in [2.24, 2.45) is 5.92 Å². The number of alkyl halides is 2. The van der Waals surface area contributed by atoms with Crippen molar-refractivity contribution < 1.29 is 22.8 Å². The van der Waals surface area contributed by atoms with Gasteiger partial charge >= 0.3 is 0 Å². The smallest absolute Gasteiger partial charge is 0.255 e. The molecule has 0 bridgehead atoms. The Kier molecular flexibility index (Phi) is 6.86. The summed E-state index contributed by atoms with van der Waals surface area (Å²) in [6.45, 7) is 5.61. The number of anilines is 1. The average Bonchev–Trinajstić information content (AvgIpc) is 2.80. The zero-order valence-corrected chi connectivity index (χ0v) is 19.7. The number of nitrogens with one attached hydrogen (secondary N) is 1. The Balaban J connectivity index is 1.41. The van der Waals surface area contributed by atoms with E-state index >= 15 is 0 Å². The van der Waals surface area contributed by atoms with Gasteiger partial charge in [0.2, 0.25) is 11.8 Å². The Labute approximate surface area is 202 Å². The van der Waals surface area contributed by atoms with Crippen LogP contribution < -0.4 is 5.32 Å². The number of nitrogens with zero attached hydrogens (tertiary/aromatic N) is 3. The van der Waals surface area contributed by atoms with E-state index in [9.17, 15) is 22.8 Å². The largest absolute Gasteiger partial charge is 0.337 e. The van der Waals surface area contributed by atoms with Crippen LogP contribution >= 0.6 is 0 Å². The van der Waals surface area contributed by atoms with Crippen LogP contribution in [0.4, 0.5) is 18.9 Å².